The second kappa shape index (κ2) is 8.81. The Bertz CT molecular complexity index is 1070. The highest BCUT2D eigenvalue weighted by molar-refractivity contribution is 7.85. The van der Waals surface area contributed by atoms with E-state index >= 15 is 0 Å². The van der Waals surface area contributed by atoms with Crippen LogP contribution in [0.4, 0.5) is 11.4 Å². The quantitative estimate of drug-likeness (QED) is 0.289. The number of rotatable bonds is 6. The van der Waals surface area contributed by atoms with Crippen molar-refractivity contribution in [2.24, 2.45) is 0 Å². The highest BCUT2D eigenvalue weighted by Crippen LogP contribution is 2.16. The molecule has 0 saturated carbocycles. The Balaban J connectivity index is 2.11. The fourth-order valence-electron chi connectivity index (χ4n) is 2.06. The second-order valence-corrected chi connectivity index (χ2v) is 6.76. The van der Waals surface area contributed by atoms with E-state index in [9.17, 15) is 18.0 Å². The van der Waals surface area contributed by atoms with Crippen LogP contribution in [-0.2, 0) is 19.6 Å². The van der Waals surface area contributed by atoms with E-state index in [0.29, 0.717) is 11.3 Å². The number of amides is 1. The Morgan fingerprint density at radius 2 is 1.82 bits per heavy atom. The lowest BCUT2D eigenvalue weighted by molar-refractivity contribution is -0.112. The summed E-state index contributed by atoms with van der Waals surface area (Å²) < 4.78 is 35.9. The standard InChI is InChI=1S/C18H15N3O6S/c1-27-18(23)12-5-7-14(8-6-12)20-11-13(10-19)17(22)21-15-3-2-4-16(9-15)28(24,25)26/h2-9,11,20H,1H3,(H,21,22)(H,24,25,26)/b13-11-. The third-order valence-electron chi connectivity index (χ3n) is 3.44. The first kappa shape index (κ1) is 20.6. The number of anilines is 2. The topological polar surface area (TPSA) is 146 Å². The molecule has 9 nitrogen and oxygen atoms in total. The maximum Gasteiger partial charge on any atom is 0.337 e. The molecule has 0 atom stereocenters. The first-order valence-electron chi connectivity index (χ1n) is 7.68. The lowest BCUT2D eigenvalue weighted by atomic mass is 10.2. The summed E-state index contributed by atoms with van der Waals surface area (Å²) in [6.07, 6.45) is 1.16. The van der Waals surface area contributed by atoms with Gasteiger partial charge in [-0.05, 0) is 42.5 Å². The molecule has 2 rings (SSSR count). The van der Waals surface area contributed by atoms with Crippen molar-refractivity contribution in [1.82, 2.24) is 0 Å². The molecule has 28 heavy (non-hydrogen) atoms. The van der Waals surface area contributed by atoms with Gasteiger partial charge in [0.2, 0.25) is 0 Å². The van der Waals surface area contributed by atoms with Crippen molar-refractivity contribution < 1.29 is 27.3 Å². The predicted molar refractivity (Wildman–Crippen MR) is 100.0 cm³/mol. The van der Waals surface area contributed by atoms with Gasteiger partial charge < -0.3 is 15.4 Å². The lowest BCUT2D eigenvalue weighted by Gasteiger charge is -2.07. The number of nitrogens with zero attached hydrogens (tertiary/aromatic N) is 1. The first-order chi connectivity index (χ1) is 13.2. The number of nitriles is 1. The summed E-state index contributed by atoms with van der Waals surface area (Å²) >= 11 is 0. The molecule has 10 heteroatoms. The molecule has 0 spiro atoms. The number of carbonyl (C=O) groups is 2. The van der Waals surface area contributed by atoms with Crippen molar-refractivity contribution in [3.8, 4) is 6.07 Å². The molecule has 3 N–H and O–H groups in total. The minimum absolute atomic E-state index is 0.0868. The van der Waals surface area contributed by atoms with Crippen LogP contribution in [0.1, 0.15) is 10.4 Å². The minimum Gasteiger partial charge on any atom is -0.465 e. The smallest absolute Gasteiger partial charge is 0.337 e. The second-order valence-electron chi connectivity index (χ2n) is 5.34. The van der Waals surface area contributed by atoms with Gasteiger partial charge in [-0.3, -0.25) is 9.35 Å². The van der Waals surface area contributed by atoms with Crippen molar-refractivity contribution in [2.75, 3.05) is 17.7 Å². The molecule has 0 bridgehead atoms. The Kier molecular flexibility index (Phi) is 6.49. The van der Waals surface area contributed by atoms with Gasteiger partial charge in [0.15, 0.2) is 0 Å². The lowest BCUT2D eigenvalue weighted by Crippen LogP contribution is -2.15. The summed E-state index contributed by atoms with van der Waals surface area (Å²) in [5.74, 6) is -1.28. The third-order valence-corrected chi connectivity index (χ3v) is 4.29. The summed E-state index contributed by atoms with van der Waals surface area (Å²) in [5, 5.41) is 14.3. The SMILES string of the molecule is COC(=O)c1ccc(N/C=C(/C#N)C(=O)Nc2cccc(S(=O)(=O)O)c2)cc1. The van der Waals surface area contributed by atoms with E-state index in [1.807, 2.05) is 0 Å². The van der Waals surface area contributed by atoms with Crippen molar-refractivity contribution >= 4 is 33.4 Å². The first-order valence-corrected chi connectivity index (χ1v) is 9.12. The number of esters is 1. The Hall–Kier alpha value is -3.68. The molecule has 0 saturated heterocycles. The molecule has 2 aromatic carbocycles. The summed E-state index contributed by atoms with van der Waals surface area (Å²) in [7, 11) is -3.16. The number of benzene rings is 2. The van der Waals surface area contributed by atoms with E-state index < -0.39 is 26.9 Å². The van der Waals surface area contributed by atoms with E-state index in [1.54, 1.807) is 18.2 Å². The molecule has 0 aliphatic rings. The van der Waals surface area contributed by atoms with Gasteiger partial charge in [-0.2, -0.15) is 13.7 Å². The molecular formula is C18H15N3O6S. The normalized spacial score (nSPS) is 11.2. The van der Waals surface area contributed by atoms with E-state index in [-0.39, 0.29) is 11.3 Å². The fourth-order valence-corrected chi connectivity index (χ4v) is 2.58. The molecule has 0 aromatic heterocycles. The summed E-state index contributed by atoms with van der Waals surface area (Å²) in [6.45, 7) is 0. The highest BCUT2D eigenvalue weighted by Gasteiger charge is 2.13. The van der Waals surface area contributed by atoms with Gasteiger partial charge >= 0.3 is 5.97 Å². The predicted octanol–water partition coefficient (Wildman–Crippen LogP) is 2.18. The Morgan fingerprint density at radius 3 is 2.39 bits per heavy atom. The Labute approximate surface area is 161 Å². The zero-order chi connectivity index (χ0) is 20.7. The van der Waals surface area contributed by atoms with Crippen molar-refractivity contribution in [3.05, 3.63) is 65.9 Å². The van der Waals surface area contributed by atoms with Gasteiger partial charge in [0.05, 0.1) is 17.6 Å². The van der Waals surface area contributed by atoms with Crippen molar-refractivity contribution in [2.45, 2.75) is 4.90 Å². The number of ether oxygens (including phenoxy) is 1. The number of hydrogen-bond donors (Lipinski definition) is 3. The largest absolute Gasteiger partial charge is 0.465 e. The maximum atomic E-state index is 12.2. The van der Waals surface area contributed by atoms with Crippen LogP contribution in [0.5, 0.6) is 0 Å². The molecule has 0 fully saturated rings. The van der Waals surface area contributed by atoms with Crippen molar-refractivity contribution in [3.63, 3.8) is 0 Å². The van der Waals surface area contributed by atoms with Crippen LogP contribution in [0.15, 0.2) is 65.2 Å². The molecule has 1 amide bonds. The summed E-state index contributed by atoms with van der Waals surface area (Å²) in [5.41, 5.74) is 0.661. The fraction of sp³-hybridized carbons (Fsp3) is 0.0556. The van der Waals surface area contributed by atoms with Crippen LogP contribution in [0.25, 0.3) is 0 Å². The van der Waals surface area contributed by atoms with Crippen LogP contribution in [0.3, 0.4) is 0 Å². The summed E-state index contributed by atoms with van der Waals surface area (Å²) in [4.78, 5) is 23.2. The van der Waals surface area contributed by atoms with Gasteiger partial charge in [0.25, 0.3) is 16.0 Å². The zero-order valence-corrected chi connectivity index (χ0v) is 15.4. The van der Waals surface area contributed by atoms with Crippen LogP contribution in [-0.4, -0.2) is 32.0 Å². The van der Waals surface area contributed by atoms with Crippen LogP contribution in [0.2, 0.25) is 0 Å². The molecule has 0 radical (unpaired) electrons. The average Bonchev–Trinajstić information content (AvgIpc) is 2.68. The molecule has 0 aliphatic carbocycles. The minimum atomic E-state index is -4.42. The van der Waals surface area contributed by atoms with Crippen LogP contribution >= 0.6 is 0 Å². The number of hydrogen-bond acceptors (Lipinski definition) is 7. The van der Waals surface area contributed by atoms with Crippen molar-refractivity contribution in [1.29, 1.82) is 5.26 Å². The van der Waals surface area contributed by atoms with Gasteiger partial charge in [-0.1, -0.05) is 6.07 Å². The average molecular weight is 401 g/mol. The Morgan fingerprint density at radius 1 is 1.14 bits per heavy atom. The third kappa shape index (κ3) is 5.41. The van der Waals surface area contributed by atoms with Crippen LogP contribution in [0, 0.1) is 11.3 Å². The van der Waals surface area contributed by atoms with Gasteiger partial charge in [0, 0.05) is 17.6 Å². The molecule has 0 unspecified atom stereocenters. The van der Waals surface area contributed by atoms with E-state index in [0.717, 1.165) is 18.3 Å². The summed E-state index contributed by atoms with van der Waals surface area (Å²) in [6, 6.07) is 12.8. The molecular weight excluding hydrogens is 386 g/mol. The van der Waals surface area contributed by atoms with Gasteiger partial charge in [0.1, 0.15) is 11.6 Å². The molecule has 2 aromatic rings. The van der Waals surface area contributed by atoms with E-state index in [4.69, 9.17) is 9.81 Å². The van der Waals surface area contributed by atoms with Crippen LogP contribution < -0.4 is 10.6 Å². The zero-order valence-electron chi connectivity index (χ0n) is 14.5. The molecule has 0 heterocycles. The number of carbonyl (C=O) groups excluding carboxylic acids is 2. The van der Waals surface area contributed by atoms with Gasteiger partial charge in [-0.15, -0.1) is 0 Å². The molecule has 0 aliphatic heterocycles. The van der Waals surface area contributed by atoms with Gasteiger partial charge in [-0.25, -0.2) is 4.79 Å². The monoisotopic (exact) mass is 401 g/mol. The van der Waals surface area contributed by atoms with E-state index in [1.165, 1.54) is 31.4 Å². The number of nitrogens with one attached hydrogen (secondary N) is 2. The maximum absolute atomic E-state index is 12.2. The van der Waals surface area contributed by atoms with E-state index in [2.05, 4.69) is 15.4 Å². The highest BCUT2D eigenvalue weighted by atomic mass is 32.2. The molecule has 144 valence electrons. The number of methoxy groups -OCH3 is 1.